The Morgan fingerprint density at radius 2 is 2.00 bits per heavy atom. The van der Waals surface area contributed by atoms with Gasteiger partial charge in [0, 0.05) is 24.5 Å². The first-order valence-electron chi connectivity index (χ1n) is 6.47. The van der Waals surface area contributed by atoms with E-state index in [1.54, 1.807) is 18.6 Å². The summed E-state index contributed by atoms with van der Waals surface area (Å²) in [6.45, 7) is 5.85. The van der Waals surface area contributed by atoms with Gasteiger partial charge in [0.15, 0.2) is 0 Å². The third-order valence-electron chi connectivity index (χ3n) is 2.86. The fourth-order valence-electron chi connectivity index (χ4n) is 2.09. The third-order valence-corrected chi connectivity index (χ3v) is 3.16. The van der Waals surface area contributed by atoms with Crippen molar-refractivity contribution in [2.75, 3.05) is 6.54 Å². The first-order chi connectivity index (χ1) is 9.27. The van der Waals surface area contributed by atoms with Crippen molar-refractivity contribution in [1.82, 2.24) is 25.1 Å². The number of rotatable bonds is 6. The predicted octanol–water partition coefficient (Wildman–Crippen LogP) is 2.44. The number of aromatic nitrogens is 4. The highest BCUT2D eigenvalue weighted by Gasteiger charge is 2.21. The zero-order valence-corrected chi connectivity index (χ0v) is 11.9. The highest BCUT2D eigenvalue weighted by atomic mass is 35.5. The molecule has 1 atom stereocenters. The first-order valence-corrected chi connectivity index (χ1v) is 6.85. The van der Waals surface area contributed by atoms with Crippen molar-refractivity contribution in [2.45, 2.75) is 32.9 Å². The molecule has 0 radical (unpaired) electrons. The monoisotopic (exact) mass is 279 g/mol. The summed E-state index contributed by atoms with van der Waals surface area (Å²) in [6, 6.07) is -0.0345. The van der Waals surface area contributed by atoms with Crippen LogP contribution < -0.4 is 5.32 Å². The van der Waals surface area contributed by atoms with E-state index in [4.69, 9.17) is 11.6 Å². The SMILES string of the molecule is CCCn1ncc(Cl)c1C(NCC)c1cncnc1. The van der Waals surface area contributed by atoms with Crippen LogP contribution in [0.5, 0.6) is 0 Å². The van der Waals surface area contributed by atoms with Gasteiger partial charge in [0.1, 0.15) is 6.33 Å². The fourth-order valence-corrected chi connectivity index (χ4v) is 2.34. The van der Waals surface area contributed by atoms with Crippen molar-refractivity contribution >= 4 is 11.6 Å². The molecule has 0 fully saturated rings. The lowest BCUT2D eigenvalue weighted by atomic mass is 10.1. The molecule has 2 aromatic heterocycles. The van der Waals surface area contributed by atoms with Crippen LogP contribution in [0.25, 0.3) is 0 Å². The molecule has 0 aliphatic carbocycles. The Kier molecular flexibility index (Phi) is 4.87. The van der Waals surface area contributed by atoms with Crippen LogP contribution in [0, 0.1) is 0 Å². The van der Waals surface area contributed by atoms with Crippen molar-refractivity contribution in [3.63, 3.8) is 0 Å². The van der Waals surface area contributed by atoms with E-state index in [0.29, 0.717) is 5.02 Å². The second-order valence-electron chi connectivity index (χ2n) is 4.26. The van der Waals surface area contributed by atoms with Crippen molar-refractivity contribution in [3.05, 3.63) is 41.2 Å². The van der Waals surface area contributed by atoms with E-state index in [9.17, 15) is 0 Å². The van der Waals surface area contributed by atoms with E-state index < -0.39 is 0 Å². The van der Waals surface area contributed by atoms with Crippen molar-refractivity contribution in [1.29, 1.82) is 0 Å². The molecular formula is C13H18ClN5. The molecule has 0 spiro atoms. The molecule has 0 bridgehead atoms. The number of aryl methyl sites for hydroxylation is 1. The van der Waals surface area contributed by atoms with Gasteiger partial charge in [0.25, 0.3) is 0 Å². The molecule has 0 aromatic carbocycles. The smallest absolute Gasteiger partial charge is 0.115 e. The molecule has 0 amide bonds. The molecule has 2 heterocycles. The van der Waals surface area contributed by atoms with Gasteiger partial charge >= 0.3 is 0 Å². The van der Waals surface area contributed by atoms with E-state index in [-0.39, 0.29) is 6.04 Å². The summed E-state index contributed by atoms with van der Waals surface area (Å²) in [6.07, 6.45) is 7.84. The zero-order valence-electron chi connectivity index (χ0n) is 11.2. The maximum atomic E-state index is 6.30. The lowest BCUT2D eigenvalue weighted by Crippen LogP contribution is -2.25. The Hall–Kier alpha value is -1.46. The quantitative estimate of drug-likeness (QED) is 0.882. The topological polar surface area (TPSA) is 55.6 Å². The normalized spacial score (nSPS) is 12.6. The first kappa shape index (κ1) is 14.0. The fraction of sp³-hybridized carbons (Fsp3) is 0.462. The zero-order chi connectivity index (χ0) is 13.7. The Morgan fingerprint density at radius 3 is 2.63 bits per heavy atom. The molecule has 2 aromatic rings. The van der Waals surface area contributed by atoms with Crippen LogP contribution in [0.2, 0.25) is 5.02 Å². The van der Waals surface area contributed by atoms with Gasteiger partial charge in [-0.15, -0.1) is 0 Å². The molecule has 0 saturated carbocycles. The van der Waals surface area contributed by atoms with Gasteiger partial charge in [-0.1, -0.05) is 25.4 Å². The molecule has 1 unspecified atom stereocenters. The number of hydrogen-bond acceptors (Lipinski definition) is 4. The third kappa shape index (κ3) is 3.11. The summed E-state index contributed by atoms with van der Waals surface area (Å²) in [5.74, 6) is 0. The van der Waals surface area contributed by atoms with Gasteiger partial charge in [-0.05, 0) is 13.0 Å². The largest absolute Gasteiger partial charge is 0.305 e. The molecule has 6 heteroatoms. The standard InChI is InChI=1S/C13H18ClN5/c1-3-5-19-13(11(14)8-18-19)12(17-4-2)10-6-15-9-16-7-10/h6-9,12,17H,3-5H2,1-2H3. The van der Waals surface area contributed by atoms with Crippen molar-refractivity contribution in [2.24, 2.45) is 0 Å². The maximum absolute atomic E-state index is 6.30. The second kappa shape index (κ2) is 6.63. The molecular weight excluding hydrogens is 262 g/mol. The molecule has 0 saturated heterocycles. The molecule has 1 N–H and O–H groups in total. The Labute approximate surface area is 118 Å². The van der Waals surface area contributed by atoms with E-state index in [2.05, 4.69) is 34.2 Å². The summed E-state index contributed by atoms with van der Waals surface area (Å²) in [5, 5.41) is 8.42. The van der Waals surface area contributed by atoms with Crippen molar-refractivity contribution in [3.8, 4) is 0 Å². The van der Waals surface area contributed by atoms with Crippen LogP contribution in [-0.2, 0) is 6.54 Å². The molecule has 19 heavy (non-hydrogen) atoms. The molecule has 0 aliphatic heterocycles. The van der Waals surface area contributed by atoms with Crippen LogP contribution in [0.4, 0.5) is 0 Å². The lowest BCUT2D eigenvalue weighted by molar-refractivity contribution is 0.519. The maximum Gasteiger partial charge on any atom is 0.115 e. The number of halogens is 1. The van der Waals surface area contributed by atoms with Crippen LogP contribution in [0.3, 0.4) is 0 Å². The van der Waals surface area contributed by atoms with E-state index in [0.717, 1.165) is 30.8 Å². The van der Waals surface area contributed by atoms with Crippen LogP contribution >= 0.6 is 11.6 Å². The van der Waals surface area contributed by atoms with Crippen molar-refractivity contribution < 1.29 is 0 Å². The Morgan fingerprint density at radius 1 is 1.26 bits per heavy atom. The predicted molar refractivity (Wildman–Crippen MR) is 75.1 cm³/mol. The summed E-state index contributed by atoms with van der Waals surface area (Å²) in [4.78, 5) is 8.16. The average molecular weight is 280 g/mol. The second-order valence-corrected chi connectivity index (χ2v) is 4.67. The highest BCUT2D eigenvalue weighted by molar-refractivity contribution is 6.31. The summed E-state index contributed by atoms with van der Waals surface area (Å²) < 4.78 is 1.95. The minimum Gasteiger partial charge on any atom is -0.305 e. The average Bonchev–Trinajstić information content (AvgIpc) is 2.79. The van der Waals surface area contributed by atoms with Gasteiger partial charge < -0.3 is 5.32 Å². The van der Waals surface area contributed by atoms with Gasteiger partial charge in [-0.25, -0.2) is 9.97 Å². The number of nitrogens with zero attached hydrogens (tertiary/aromatic N) is 4. The van der Waals surface area contributed by atoms with E-state index >= 15 is 0 Å². The van der Waals surface area contributed by atoms with Gasteiger partial charge in [0.05, 0.1) is 23.0 Å². The van der Waals surface area contributed by atoms with E-state index in [1.165, 1.54) is 6.33 Å². The van der Waals surface area contributed by atoms with Gasteiger partial charge in [0.2, 0.25) is 0 Å². The van der Waals surface area contributed by atoms with Gasteiger partial charge in [-0.3, -0.25) is 4.68 Å². The number of hydrogen-bond donors (Lipinski definition) is 1. The highest BCUT2D eigenvalue weighted by Crippen LogP contribution is 2.27. The molecule has 0 aliphatic rings. The molecule has 5 nitrogen and oxygen atoms in total. The Balaban J connectivity index is 2.42. The molecule has 2 rings (SSSR count). The minimum atomic E-state index is -0.0345. The minimum absolute atomic E-state index is 0.0345. The summed E-state index contributed by atoms with van der Waals surface area (Å²) in [5.41, 5.74) is 1.96. The Bertz CT molecular complexity index is 511. The summed E-state index contributed by atoms with van der Waals surface area (Å²) in [7, 11) is 0. The lowest BCUT2D eigenvalue weighted by Gasteiger charge is -2.19. The van der Waals surface area contributed by atoms with E-state index in [1.807, 2.05) is 4.68 Å². The van der Waals surface area contributed by atoms with Crippen LogP contribution in [0.1, 0.15) is 37.6 Å². The van der Waals surface area contributed by atoms with Gasteiger partial charge in [-0.2, -0.15) is 5.10 Å². The summed E-state index contributed by atoms with van der Waals surface area (Å²) >= 11 is 6.30. The van der Waals surface area contributed by atoms with Crippen LogP contribution in [0.15, 0.2) is 24.9 Å². The number of nitrogens with one attached hydrogen (secondary N) is 1. The van der Waals surface area contributed by atoms with Crippen LogP contribution in [-0.4, -0.2) is 26.3 Å². The molecule has 102 valence electrons.